The third-order valence-electron chi connectivity index (χ3n) is 1.22. The van der Waals surface area contributed by atoms with Crippen molar-refractivity contribution in [1.82, 2.24) is 0 Å². The summed E-state index contributed by atoms with van der Waals surface area (Å²) < 4.78 is 1.04. The van der Waals surface area contributed by atoms with E-state index in [4.69, 9.17) is 11.6 Å². The number of halogens is 2. The topological polar surface area (TPSA) is 20.2 Å². The first-order chi connectivity index (χ1) is 4.61. The Morgan fingerprint density at radius 3 is 2.60 bits per heavy atom. The van der Waals surface area contributed by atoms with Crippen LogP contribution in [0.1, 0.15) is 5.56 Å². The van der Waals surface area contributed by atoms with Crippen LogP contribution in [0.15, 0.2) is 12.1 Å². The van der Waals surface area contributed by atoms with E-state index in [1.807, 2.05) is 13.0 Å². The minimum absolute atomic E-state index is 0.182. The lowest BCUT2D eigenvalue weighted by atomic mass is 10.2. The van der Waals surface area contributed by atoms with Gasteiger partial charge in [-0.3, -0.25) is 0 Å². The molecule has 1 rings (SSSR count). The molecule has 3 heteroatoms. The maximum Gasteiger partial charge on any atom is 0.137 e. The highest BCUT2D eigenvalue weighted by Gasteiger charge is 2.01. The van der Waals surface area contributed by atoms with Crippen LogP contribution in [0.2, 0.25) is 5.02 Å². The smallest absolute Gasteiger partial charge is 0.137 e. The summed E-state index contributed by atoms with van der Waals surface area (Å²) in [6.07, 6.45) is 0. The summed E-state index contributed by atoms with van der Waals surface area (Å²) in [5.74, 6) is 0.182. The highest BCUT2D eigenvalue weighted by molar-refractivity contribution is 14.1. The average Bonchev–Trinajstić information content (AvgIpc) is 1.82. The van der Waals surface area contributed by atoms with Crippen LogP contribution in [0.5, 0.6) is 5.75 Å². The van der Waals surface area contributed by atoms with Crippen LogP contribution in [-0.2, 0) is 0 Å². The summed E-state index contributed by atoms with van der Waals surface area (Å²) >= 11 is 7.82. The summed E-state index contributed by atoms with van der Waals surface area (Å²) in [5, 5.41) is 9.62. The maximum atomic E-state index is 9.20. The van der Waals surface area contributed by atoms with Gasteiger partial charge in [-0.15, -0.1) is 0 Å². The Morgan fingerprint density at radius 1 is 1.50 bits per heavy atom. The van der Waals surface area contributed by atoms with E-state index in [0.717, 1.165) is 9.13 Å². The van der Waals surface area contributed by atoms with Gasteiger partial charge in [-0.25, -0.2) is 0 Å². The first kappa shape index (κ1) is 8.14. The molecule has 1 N–H and O–H groups in total. The Morgan fingerprint density at radius 2 is 2.10 bits per heavy atom. The van der Waals surface area contributed by atoms with Crippen molar-refractivity contribution >= 4 is 34.2 Å². The molecule has 0 aliphatic carbocycles. The van der Waals surface area contributed by atoms with E-state index >= 15 is 0 Å². The highest BCUT2D eigenvalue weighted by atomic mass is 127. The Hall–Kier alpha value is 0.0400. The van der Waals surface area contributed by atoms with Crippen molar-refractivity contribution in [2.45, 2.75) is 6.92 Å². The van der Waals surface area contributed by atoms with E-state index in [9.17, 15) is 5.11 Å². The molecule has 0 fully saturated rings. The van der Waals surface area contributed by atoms with Crippen molar-refractivity contribution in [3.63, 3.8) is 0 Å². The number of phenolic OH excluding ortho intramolecular Hbond substituents is 1. The van der Waals surface area contributed by atoms with Gasteiger partial charge in [0, 0.05) is 3.57 Å². The Labute approximate surface area is 78.2 Å². The molecule has 1 aromatic carbocycles. The van der Waals surface area contributed by atoms with Crippen molar-refractivity contribution in [1.29, 1.82) is 0 Å². The van der Waals surface area contributed by atoms with Gasteiger partial charge in [-0.2, -0.15) is 0 Å². The van der Waals surface area contributed by atoms with Gasteiger partial charge in [0.05, 0.1) is 5.02 Å². The average molecular weight is 268 g/mol. The Kier molecular flexibility index (Phi) is 2.41. The van der Waals surface area contributed by atoms with Gasteiger partial charge in [0.25, 0.3) is 0 Å². The number of rotatable bonds is 0. The summed E-state index contributed by atoms with van der Waals surface area (Å²) in [7, 11) is 0. The Balaban J connectivity index is 3.31. The third-order valence-corrected chi connectivity index (χ3v) is 2.13. The lowest BCUT2D eigenvalue weighted by Gasteiger charge is -2.00. The normalized spacial score (nSPS) is 9.90. The summed E-state index contributed by atoms with van der Waals surface area (Å²) in [6.45, 7) is 1.82. The molecule has 0 radical (unpaired) electrons. The molecule has 10 heavy (non-hydrogen) atoms. The van der Waals surface area contributed by atoms with Crippen LogP contribution in [0.4, 0.5) is 0 Å². The molecule has 0 unspecified atom stereocenters. The number of phenols is 1. The van der Waals surface area contributed by atoms with Gasteiger partial charge in [0.2, 0.25) is 0 Å². The van der Waals surface area contributed by atoms with Gasteiger partial charge in [0.15, 0.2) is 0 Å². The van der Waals surface area contributed by atoms with Crippen LogP contribution < -0.4 is 0 Å². The maximum absolute atomic E-state index is 9.20. The molecule has 0 aliphatic heterocycles. The number of aromatic hydroxyl groups is 1. The minimum Gasteiger partial charge on any atom is -0.506 e. The predicted octanol–water partition coefficient (Wildman–Crippen LogP) is 2.96. The molecule has 0 heterocycles. The molecule has 0 bridgehead atoms. The molecule has 0 saturated heterocycles. The molecule has 0 spiro atoms. The number of benzene rings is 1. The van der Waals surface area contributed by atoms with Gasteiger partial charge >= 0.3 is 0 Å². The second kappa shape index (κ2) is 2.96. The van der Waals surface area contributed by atoms with Crippen LogP contribution in [-0.4, -0.2) is 5.11 Å². The Bertz CT molecular complexity index is 237. The fourth-order valence-electron chi connectivity index (χ4n) is 0.695. The number of aryl methyl sites for hydroxylation is 1. The van der Waals surface area contributed by atoms with E-state index in [0.29, 0.717) is 5.02 Å². The SMILES string of the molecule is Cc1cc(I)cc(Cl)c1O. The molecule has 54 valence electrons. The monoisotopic (exact) mass is 268 g/mol. The van der Waals surface area contributed by atoms with Crippen LogP contribution >= 0.6 is 34.2 Å². The number of hydrogen-bond donors (Lipinski definition) is 1. The second-order valence-corrected chi connectivity index (χ2v) is 3.71. The van der Waals surface area contributed by atoms with Gasteiger partial charge in [-0.05, 0) is 47.2 Å². The van der Waals surface area contributed by atoms with Crippen LogP contribution in [0.3, 0.4) is 0 Å². The largest absolute Gasteiger partial charge is 0.506 e. The zero-order valence-corrected chi connectivity index (χ0v) is 8.27. The fraction of sp³-hybridized carbons (Fsp3) is 0.143. The molecular weight excluding hydrogens is 262 g/mol. The van der Waals surface area contributed by atoms with E-state index < -0.39 is 0 Å². The van der Waals surface area contributed by atoms with Gasteiger partial charge in [0.1, 0.15) is 5.75 Å². The van der Waals surface area contributed by atoms with Crippen molar-refractivity contribution in [3.8, 4) is 5.75 Å². The van der Waals surface area contributed by atoms with E-state index in [1.54, 1.807) is 6.07 Å². The fourth-order valence-corrected chi connectivity index (χ4v) is 1.92. The lowest BCUT2D eigenvalue weighted by Crippen LogP contribution is -1.78. The molecule has 1 aromatic rings. The second-order valence-electron chi connectivity index (χ2n) is 2.05. The molecule has 0 aromatic heterocycles. The van der Waals surface area contributed by atoms with Crippen LogP contribution in [0, 0.1) is 10.5 Å². The predicted molar refractivity (Wildman–Crippen MR) is 50.6 cm³/mol. The van der Waals surface area contributed by atoms with E-state index in [1.165, 1.54) is 0 Å². The molecule has 0 amide bonds. The van der Waals surface area contributed by atoms with Crippen molar-refractivity contribution < 1.29 is 5.11 Å². The van der Waals surface area contributed by atoms with E-state index in [-0.39, 0.29) is 5.75 Å². The summed E-state index contributed by atoms with van der Waals surface area (Å²) in [5.41, 5.74) is 0.817. The molecule has 0 saturated carbocycles. The minimum atomic E-state index is 0.182. The molecule has 0 aliphatic rings. The van der Waals surface area contributed by atoms with Crippen molar-refractivity contribution in [2.24, 2.45) is 0 Å². The molecule has 0 atom stereocenters. The number of hydrogen-bond acceptors (Lipinski definition) is 1. The third kappa shape index (κ3) is 1.55. The summed E-state index contributed by atoms with van der Waals surface area (Å²) in [4.78, 5) is 0. The zero-order valence-electron chi connectivity index (χ0n) is 5.36. The molecule has 1 nitrogen and oxygen atoms in total. The zero-order chi connectivity index (χ0) is 7.72. The highest BCUT2D eigenvalue weighted by Crippen LogP contribution is 2.28. The standard InChI is InChI=1S/C7H6ClIO/c1-4-2-5(9)3-6(8)7(4)10/h2-3,10H,1H3. The quantitative estimate of drug-likeness (QED) is 0.717. The lowest BCUT2D eigenvalue weighted by molar-refractivity contribution is 0.471. The van der Waals surface area contributed by atoms with Crippen LogP contribution in [0.25, 0.3) is 0 Å². The van der Waals surface area contributed by atoms with E-state index in [2.05, 4.69) is 22.6 Å². The van der Waals surface area contributed by atoms with Crippen molar-refractivity contribution in [3.05, 3.63) is 26.3 Å². The molecular formula is C7H6ClIO. The van der Waals surface area contributed by atoms with Gasteiger partial charge < -0.3 is 5.11 Å². The first-order valence-corrected chi connectivity index (χ1v) is 4.21. The first-order valence-electron chi connectivity index (χ1n) is 2.76. The van der Waals surface area contributed by atoms with Gasteiger partial charge in [-0.1, -0.05) is 11.6 Å². The summed E-state index contributed by atoms with van der Waals surface area (Å²) in [6, 6.07) is 3.60. The van der Waals surface area contributed by atoms with Crippen molar-refractivity contribution in [2.75, 3.05) is 0 Å².